The molecule has 0 fully saturated rings. The summed E-state index contributed by atoms with van der Waals surface area (Å²) < 4.78 is 2.36. The number of aromatic nitrogens is 2. The van der Waals surface area contributed by atoms with Crippen LogP contribution in [0.15, 0.2) is 49.1 Å². The van der Waals surface area contributed by atoms with Crippen molar-refractivity contribution >= 4 is 64.0 Å². The average molecular weight is 676 g/mol. The van der Waals surface area contributed by atoms with Crippen molar-refractivity contribution in [2.24, 2.45) is 0 Å². The van der Waals surface area contributed by atoms with Gasteiger partial charge in [-0.1, -0.05) is 0 Å². The number of pyridine rings is 2. The first-order chi connectivity index (χ1) is 8.20. The van der Waals surface area contributed by atoms with Gasteiger partial charge in [0.15, 0.2) is 0 Å². The van der Waals surface area contributed by atoms with Gasteiger partial charge in [-0.2, -0.15) is 0 Å². The van der Waals surface area contributed by atoms with Crippen molar-refractivity contribution in [3.8, 4) is 0 Å². The van der Waals surface area contributed by atoms with Crippen molar-refractivity contribution in [1.82, 2.24) is 9.97 Å². The summed E-state index contributed by atoms with van der Waals surface area (Å²) in [4.78, 5) is 7.75. The molecule has 0 aliphatic carbocycles. The average Bonchev–Trinajstić information content (AvgIpc) is 2.33. The Labute approximate surface area is 145 Å². The molecule has 0 N–H and O–H groups in total. The van der Waals surface area contributed by atoms with Crippen LogP contribution in [0.3, 0.4) is 0 Å². The fraction of sp³-hybridized carbons (Fsp3) is 0. The monoisotopic (exact) mass is 675 g/mol. The molecule has 0 aliphatic rings. The Hall–Kier alpha value is 1.03. The summed E-state index contributed by atoms with van der Waals surface area (Å²) in [6.45, 7) is 0. The number of hydrogen-bond acceptors (Lipinski definition) is 2. The molecule has 0 aromatic carbocycles. The molecule has 0 amide bonds. The molecular formula is C10H8Cl2I2N2Pt. The molecule has 0 unspecified atom stereocenters. The van der Waals surface area contributed by atoms with Gasteiger partial charge in [0.05, 0.1) is 0 Å². The van der Waals surface area contributed by atoms with Crippen molar-refractivity contribution in [3.05, 3.63) is 56.2 Å². The Morgan fingerprint density at radius 1 is 0.882 bits per heavy atom. The van der Waals surface area contributed by atoms with Crippen molar-refractivity contribution in [1.29, 1.82) is 0 Å². The van der Waals surface area contributed by atoms with Crippen molar-refractivity contribution < 1.29 is 16.5 Å². The molecule has 0 spiro atoms. The number of rotatable bonds is 0. The molecule has 0 radical (unpaired) electrons. The van der Waals surface area contributed by atoms with Gasteiger partial charge in [0, 0.05) is 31.9 Å². The van der Waals surface area contributed by atoms with E-state index in [4.69, 9.17) is 18.8 Å². The van der Waals surface area contributed by atoms with Crippen LogP contribution >= 0.6 is 64.0 Å². The van der Waals surface area contributed by atoms with Crippen LogP contribution in [0.2, 0.25) is 0 Å². The molecule has 17 heavy (non-hydrogen) atoms. The SMILES string of the molecule is Ic1cccnc1.Ic1cccnc1.[Cl][Pt][Cl]. The van der Waals surface area contributed by atoms with Gasteiger partial charge >= 0.3 is 35.3 Å². The first-order valence-corrected chi connectivity index (χ1v) is 11.9. The van der Waals surface area contributed by atoms with Crippen LogP contribution in [0.25, 0.3) is 0 Å². The van der Waals surface area contributed by atoms with Gasteiger partial charge in [-0.25, -0.2) is 0 Å². The minimum atomic E-state index is -0.472. The molecule has 2 nitrogen and oxygen atoms in total. The van der Waals surface area contributed by atoms with Crippen LogP contribution in [0.4, 0.5) is 0 Å². The standard InChI is InChI=1S/2C5H4IN.2ClH.Pt/c2*6-5-2-1-3-7-4-5;;;/h2*1-4H;2*1H;/q;;;;+2/p-2. The van der Waals surface area contributed by atoms with Gasteiger partial charge in [-0.05, 0) is 69.4 Å². The zero-order valence-corrected chi connectivity index (χ0v) is 16.4. The summed E-state index contributed by atoms with van der Waals surface area (Å²) in [6, 6.07) is 7.85. The van der Waals surface area contributed by atoms with Gasteiger partial charge in [-0.15, -0.1) is 0 Å². The van der Waals surface area contributed by atoms with Gasteiger partial charge in [0.1, 0.15) is 0 Å². The van der Waals surface area contributed by atoms with E-state index in [9.17, 15) is 0 Å². The molecule has 0 aliphatic heterocycles. The molecule has 96 valence electrons. The predicted octanol–water partition coefficient (Wildman–Crippen LogP) is 4.75. The molecule has 2 aromatic heterocycles. The second-order valence-corrected chi connectivity index (χ2v) is 8.16. The van der Waals surface area contributed by atoms with E-state index in [-0.39, 0.29) is 0 Å². The topological polar surface area (TPSA) is 25.8 Å². The summed E-state index contributed by atoms with van der Waals surface area (Å²) in [5.41, 5.74) is 0. The molecule has 2 heterocycles. The maximum atomic E-state index is 4.88. The molecule has 0 saturated carbocycles. The van der Waals surface area contributed by atoms with Gasteiger partial charge in [0.2, 0.25) is 0 Å². The van der Waals surface area contributed by atoms with Gasteiger partial charge in [-0.3, -0.25) is 9.97 Å². The van der Waals surface area contributed by atoms with E-state index >= 15 is 0 Å². The predicted molar refractivity (Wildman–Crippen MR) is 85.6 cm³/mol. The van der Waals surface area contributed by atoms with Crippen LogP contribution in [0.1, 0.15) is 0 Å². The summed E-state index contributed by atoms with van der Waals surface area (Å²) in [5, 5.41) is 0. The van der Waals surface area contributed by atoms with Crippen molar-refractivity contribution in [2.45, 2.75) is 0 Å². The third-order valence-electron chi connectivity index (χ3n) is 1.25. The van der Waals surface area contributed by atoms with Gasteiger partial charge < -0.3 is 0 Å². The zero-order valence-electron chi connectivity index (χ0n) is 8.34. The Morgan fingerprint density at radius 2 is 1.24 bits per heavy atom. The third kappa shape index (κ3) is 13.3. The maximum absolute atomic E-state index is 4.88. The molecule has 7 heteroatoms. The van der Waals surface area contributed by atoms with Gasteiger partial charge in [0.25, 0.3) is 0 Å². The fourth-order valence-corrected chi connectivity index (χ4v) is 1.42. The van der Waals surface area contributed by atoms with Crippen LogP contribution in [-0.4, -0.2) is 9.97 Å². The Morgan fingerprint density at radius 3 is 1.35 bits per heavy atom. The number of halogens is 4. The number of hydrogen-bond donors (Lipinski definition) is 0. The van der Waals surface area contributed by atoms with E-state index in [0.29, 0.717) is 0 Å². The third-order valence-corrected chi connectivity index (χ3v) is 2.53. The van der Waals surface area contributed by atoms with Crippen LogP contribution in [-0.2, 0) is 16.5 Å². The van der Waals surface area contributed by atoms with E-state index in [1.165, 1.54) is 7.14 Å². The number of nitrogens with zero attached hydrogens (tertiary/aromatic N) is 2. The minimum absolute atomic E-state index is 0.472. The Bertz CT molecular complexity index is 341. The van der Waals surface area contributed by atoms with E-state index in [1.54, 1.807) is 12.4 Å². The van der Waals surface area contributed by atoms with E-state index in [1.807, 2.05) is 36.7 Å². The molecule has 0 saturated heterocycles. The quantitative estimate of drug-likeness (QED) is 0.377. The van der Waals surface area contributed by atoms with Crippen molar-refractivity contribution in [3.63, 3.8) is 0 Å². The molecule has 0 atom stereocenters. The normalized spacial score (nSPS) is 8.47. The van der Waals surface area contributed by atoms with E-state index in [2.05, 4.69) is 55.1 Å². The second-order valence-electron chi connectivity index (χ2n) is 2.39. The van der Waals surface area contributed by atoms with E-state index < -0.39 is 16.5 Å². The summed E-state index contributed by atoms with van der Waals surface area (Å²) in [6.07, 6.45) is 7.17. The first-order valence-electron chi connectivity index (χ1n) is 4.14. The molecular weight excluding hydrogens is 668 g/mol. The first kappa shape index (κ1) is 18.0. The molecule has 2 aromatic rings. The van der Waals surface area contributed by atoms with Crippen LogP contribution < -0.4 is 0 Å². The second kappa shape index (κ2) is 13.5. The zero-order chi connectivity index (χ0) is 12.9. The van der Waals surface area contributed by atoms with E-state index in [0.717, 1.165) is 0 Å². The summed E-state index contributed by atoms with van der Waals surface area (Å²) >= 11 is 3.96. The van der Waals surface area contributed by atoms with Crippen LogP contribution in [0, 0.1) is 7.14 Å². The summed E-state index contributed by atoms with van der Waals surface area (Å²) in [5.74, 6) is 0. The Kier molecular flexibility index (Phi) is 14.3. The van der Waals surface area contributed by atoms with Crippen LogP contribution in [0.5, 0.6) is 0 Å². The fourth-order valence-electron chi connectivity index (χ4n) is 0.684. The van der Waals surface area contributed by atoms with Crippen molar-refractivity contribution in [2.75, 3.05) is 0 Å². The Balaban J connectivity index is 0.000000247. The summed E-state index contributed by atoms with van der Waals surface area (Å²) in [7, 11) is 9.75. The molecule has 0 bridgehead atoms. The molecule has 2 rings (SSSR count).